The minimum Gasteiger partial charge on any atom is -0.493 e. The van der Waals surface area contributed by atoms with Crippen LogP contribution >= 0.6 is 0 Å². The third kappa shape index (κ3) is 6.14. The van der Waals surface area contributed by atoms with E-state index in [0.29, 0.717) is 25.5 Å². The van der Waals surface area contributed by atoms with Crippen LogP contribution in [0.3, 0.4) is 0 Å². The van der Waals surface area contributed by atoms with Gasteiger partial charge in [0.15, 0.2) is 0 Å². The van der Waals surface area contributed by atoms with E-state index in [9.17, 15) is 4.79 Å². The van der Waals surface area contributed by atoms with Crippen molar-refractivity contribution in [1.29, 1.82) is 0 Å². The van der Waals surface area contributed by atoms with Gasteiger partial charge >= 0.3 is 5.97 Å². The zero-order valence-electron chi connectivity index (χ0n) is 19.9. The zero-order chi connectivity index (χ0) is 23.8. The number of ether oxygens (including phenoxy) is 2. The molecule has 0 saturated carbocycles. The maximum absolute atomic E-state index is 12.2. The van der Waals surface area contributed by atoms with Gasteiger partial charge in [0.1, 0.15) is 11.5 Å². The van der Waals surface area contributed by atoms with Gasteiger partial charge in [0.05, 0.1) is 18.9 Å². The van der Waals surface area contributed by atoms with Crippen LogP contribution in [-0.4, -0.2) is 37.3 Å². The Morgan fingerprint density at radius 2 is 1.85 bits per heavy atom. The number of aromatic nitrogens is 1. The minimum absolute atomic E-state index is 0.166. The van der Waals surface area contributed by atoms with Crippen molar-refractivity contribution in [1.82, 2.24) is 10.3 Å². The summed E-state index contributed by atoms with van der Waals surface area (Å²) < 4.78 is 17.0. The Morgan fingerprint density at radius 3 is 2.62 bits per heavy atom. The number of hydrogen-bond acceptors (Lipinski definition) is 6. The fourth-order valence-electron chi connectivity index (χ4n) is 4.12. The first-order valence-electron chi connectivity index (χ1n) is 12.0. The van der Waals surface area contributed by atoms with E-state index in [4.69, 9.17) is 13.9 Å². The zero-order valence-corrected chi connectivity index (χ0v) is 19.9. The van der Waals surface area contributed by atoms with Crippen LogP contribution in [0.15, 0.2) is 70.2 Å². The first-order chi connectivity index (χ1) is 16.6. The number of carbonyl (C=O) groups excluding carboxylic acids is 1. The lowest BCUT2D eigenvalue weighted by Crippen LogP contribution is -2.28. The number of nitrogens with zero attached hydrogens (tertiary/aromatic N) is 1. The van der Waals surface area contributed by atoms with Crippen LogP contribution in [0.2, 0.25) is 0 Å². The first-order valence-corrected chi connectivity index (χ1v) is 12.0. The van der Waals surface area contributed by atoms with Crippen LogP contribution < -0.4 is 10.1 Å². The molecule has 1 aliphatic heterocycles. The van der Waals surface area contributed by atoms with Crippen molar-refractivity contribution in [2.24, 2.45) is 0 Å². The Labute approximate surface area is 201 Å². The summed E-state index contributed by atoms with van der Waals surface area (Å²) in [5, 5.41) is 3.36. The van der Waals surface area contributed by atoms with Crippen molar-refractivity contribution >= 4 is 5.97 Å². The van der Waals surface area contributed by atoms with Crippen LogP contribution in [0.1, 0.15) is 36.8 Å². The Hall–Kier alpha value is -3.38. The quantitative estimate of drug-likeness (QED) is 0.427. The Morgan fingerprint density at radius 1 is 1.06 bits per heavy atom. The Balaban J connectivity index is 1.28. The Kier molecular flexibility index (Phi) is 8.15. The molecule has 6 nitrogen and oxygen atoms in total. The summed E-state index contributed by atoms with van der Waals surface area (Å²) >= 11 is 0. The lowest BCUT2D eigenvalue weighted by Gasteiger charge is -2.20. The molecule has 0 amide bonds. The second kappa shape index (κ2) is 11.7. The molecule has 0 spiro atoms. The molecule has 4 rings (SSSR count). The van der Waals surface area contributed by atoms with E-state index in [2.05, 4.69) is 22.4 Å². The number of nitrogens with one attached hydrogen (secondary N) is 1. The number of benzene rings is 2. The van der Waals surface area contributed by atoms with Gasteiger partial charge in [-0.15, -0.1) is 0 Å². The molecular formula is C28H32N2O4. The van der Waals surface area contributed by atoms with Crippen molar-refractivity contribution in [3.63, 3.8) is 0 Å². The van der Waals surface area contributed by atoms with Crippen molar-refractivity contribution in [3.05, 3.63) is 82.8 Å². The summed E-state index contributed by atoms with van der Waals surface area (Å²) in [6, 6.07) is 18.1. The van der Waals surface area contributed by atoms with Crippen molar-refractivity contribution in [2.45, 2.75) is 39.5 Å². The molecule has 0 radical (unpaired) electrons. The lowest BCUT2D eigenvalue weighted by atomic mass is 9.95. The van der Waals surface area contributed by atoms with Crippen LogP contribution in [0.4, 0.5) is 0 Å². The fraction of sp³-hybridized carbons (Fsp3) is 0.357. The van der Waals surface area contributed by atoms with E-state index in [0.717, 1.165) is 66.3 Å². The van der Waals surface area contributed by atoms with Gasteiger partial charge in [-0.2, -0.15) is 0 Å². The van der Waals surface area contributed by atoms with Crippen molar-refractivity contribution in [2.75, 3.05) is 26.3 Å². The van der Waals surface area contributed by atoms with Gasteiger partial charge in [0, 0.05) is 24.1 Å². The van der Waals surface area contributed by atoms with E-state index in [-0.39, 0.29) is 5.97 Å². The third-order valence-corrected chi connectivity index (χ3v) is 6.00. The second-order valence-corrected chi connectivity index (χ2v) is 8.36. The third-order valence-electron chi connectivity index (χ3n) is 6.00. The molecule has 34 heavy (non-hydrogen) atoms. The molecule has 1 aromatic heterocycles. The maximum atomic E-state index is 12.2. The molecule has 0 saturated heterocycles. The van der Waals surface area contributed by atoms with Crippen LogP contribution in [-0.2, 0) is 22.4 Å². The van der Waals surface area contributed by atoms with Gasteiger partial charge in [-0.25, -0.2) is 9.78 Å². The number of esters is 1. The smallest absolute Gasteiger partial charge is 0.334 e. The van der Waals surface area contributed by atoms with E-state index >= 15 is 0 Å². The second-order valence-electron chi connectivity index (χ2n) is 8.36. The molecule has 2 aromatic carbocycles. The minimum atomic E-state index is -0.166. The van der Waals surface area contributed by atoms with Gasteiger partial charge in [-0.05, 0) is 75.1 Å². The number of carbonyl (C=O) groups is 1. The highest BCUT2D eigenvalue weighted by molar-refractivity contribution is 5.89. The van der Waals surface area contributed by atoms with Crippen LogP contribution in [0, 0.1) is 6.92 Å². The highest BCUT2D eigenvalue weighted by Gasteiger charge is 2.19. The average Bonchev–Trinajstić information content (AvgIpc) is 3.25. The van der Waals surface area contributed by atoms with Gasteiger partial charge < -0.3 is 19.2 Å². The van der Waals surface area contributed by atoms with E-state index in [1.54, 1.807) is 0 Å². The Bertz CT molecular complexity index is 1120. The topological polar surface area (TPSA) is 73.6 Å². The average molecular weight is 461 g/mol. The molecule has 0 unspecified atom stereocenters. The van der Waals surface area contributed by atoms with Gasteiger partial charge in [0.2, 0.25) is 5.89 Å². The van der Waals surface area contributed by atoms with Gasteiger partial charge in [-0.3, -0.25) is 0 Å². The highest BCUT2D eigenvalue weighted by atomic mass is 16.5. The molecule has 2 heterocycles. The van der Waals surface area contributed by atoms with Gasteiger partial charge in [-0.1, -0.05) is 30.3 Å². The predicted octanol–water partition coefficient (Wildman–Crippen LogP) is 5.06. The summed E-state index contributed by atoms with van der Waals surface area (Å²) in [7, 11) is 0. The molecule has 0 aliphatic carbocycles. The van der Waals surface area contributed by atoms with Crippen LogP contribution in [0.5, 0.6) is 5.75 Å². The molecule has 0 bridgehead atoms. The molecule has 6 heteroatoms. The molecule has 0 atom stereocenters. The molecule has 178 valence electrons. The van der Waals surface area contributed by atoms with Crippen molar-refractivity contribution < 1.29 is 18.7 Å². The number of hydrogen-bond donors (Lipinski definition) is 1. The summed E-state index contributed by atoms with van der Waals surface area (Å²) in [5.41, 5.74) is 5.11. The number of rotatable bonds is 10. The SMILES string of the molecule is CCOC(=O)C1=C(CCc2ccc(OCCc3nc(-c4ccccc4)oc3C)cc2)CNCC1. The summed E-state index contributed by atoms with van der Waals surface area (Å²) in [6.45, 7) is 6.30. The lowest BCUT2D eigenvalue weighted by molar-refractivity contribution is -0.138. The van der Waals surface area contributed by atoms with E-state index in [1.165, 1.54) is 5.56 Å². The van der Waals surface area contributed by atoms with E-state index in [1.807, 2.05) is 56.3 Å². The maximum Gasteiger partial charge on any atom is 0.334 e. The molecule has 0 fully saturated rings. The van der Waals surface area contributed by atoms with Crippen molar-refractivity contribution in [3.8, 4) is 17.2 Å². The summed E-state index contributed by atoms with van der Waals surface area (Å²) in [4.78, 5) is 16.9. The fourth-order valence-corrected chi connectivity index (χ4v) is 4.12. The van der Waals surface area contributed by atoms with Crippen LogP contribution in [0.25, 0.3) is 11.5 Å². The van der Waals surface area contributed by atoms with E-state index < -0.39 is 0 Å². The largest absolute Gasteiger partial charge is 0.493 e. The first kappa shape index (κ1) is 23.8. The summed E-state index contributed by atoms with van der Waals surface area (Å²) in [5.74, 6) is 2.14. The molecule has 1 N–H and O–H groups in total. The monoisotopic (exact) mass is 460 g/mol. The summed E-state index contributed by atoms with van der Waals surface area (Å²) in [6.07, 6.45) is 3.14. The number of oxazole rings is 1. The number of aryl methyl sites for hydroxylation is 2. The molecule has 3 aromatic rings. The standard InChI is InChI=1S/C28H32N2O4/c1-3-32-28(31)25-15-17-29-19-23(25)12-9-21-10-13-24(14-11-21)33-18-16-26-20(2)34-27(30-26)22-7-5-4-6-8-22/h4-8,10-11,13-14,29H,3,9,12,15-19H2,1-2H3. The molecular weight excluding hydrogens is 428 g/mol. The predicted molar refractivity (Wildman–Crippen MR) is 132 cm³/mol. The molecule has 1 aliphatic rings. The normalized spacial score (nSPS) is 13.7. The highest BCUT2D eigenvalue weighted by Crippen LogP contribution is 2.23. The van der Waals surface area contributed by atoms with Gasteiger partial charge in [0.25, 0.3) is 0 Å².